The second-order valence-electron chi connectivity index (χ2n) is 3.31. The van der Waals surface area contributed by atoms with Crippen molar-refractivity contribution >= 4 is 28.7 Å². The highest BCUT2D eigenvalue weighted by Gasteiger charge is 2.09. The summed E-state index contributed by atoms with van der Waals surface area (Å²) in [6, 6.07) is 11.2. The van der Waals surface area contributed by atoms with Crippen LogP contribution in [0.5, 0.6) is 0 Å². The number of thiophene rings is 1. The largest absolute Gasteiger partial charge is 0.435 e. The number of aromatic nitrogens is 1. The van der Waals surface area contributed by atoms with Crippen molar-refractivity contribution in [3.8, 4) is 10.8 Å². The SMILES string of the molecule is O=Cc1ccc(-c2nc3ccccc3o2)s1. The summed E-state index contributed by atoms with van der Waals surface area (Å²) in [6.45, 7) is 0. The Kier molecular flexibility index (Phi) is 2.08. The van der Waals surface area contributed by atoms with Gasteiger partial charge in [0.25, 0.3) is 0 Å². The van der Waals surface area contributed by atoms with E-state index in [1.54, 1.807) is 6.07 Å². The molecule has 3 rings (SSSR count). The van der Waals surface area contributed by atoms with E-state index >= 15 is 0 Å². The molecule has 0 radical (unpaired) electrons. The highest BCUT2D eigenvalue weighted by Crippen LogP contribution is 2.29. The molecule has 2 heterocycles. The molecule has 3 nitrogen and oxygen atoms in total. The molecule has 0 saturated carbocycles. The lowest BCUT2D eigenvalue weighted by atomic mass is 10.3. The van der Waals surface area contributed by atoms with Crippen LogP contribution < -0.4 is 0 Å². The average Bonchev–Trinajstić information content (AvgIpc) is 2.95. The van der Waals surface area contributed by atoms with Gasteiger partial charge in [-0.05, 0) is 24.3 Å². The van der Waals surface area contributed by atoms with E-state index in [1.807, 2.05) is 30.3 Å². The number of fused-ring (bicyclic) bond motifs is 1. The van der Waals surface area contributed by atoms with Crippen LogP contribution in [0.15, 0.2) is 40.8 Å². The van der Waals surface area contributed by atoms with Crippen molar-refractivity contribution in [2.45, 2.75) is 0 Å². The molecule has 78 valence electrons. The standard InChI is InChI=1S/C12H7NO2S/c14-7-8-5-6-11(16-8)12-13-9-3-1-2-4-10(9)15-12/h1-7H. The molecule has 0 fully saturated rings. The van der Waals surface area contributed by atoms with Crippen molar-refractivity contribution < 1.29 is 9.21 Å². The number of oxazole rings is 1. The lowest BCUT2D eigenvalue weighted by Gasteiger charge is -1.84. The molecule has 4 heteroatoms. The van der Waals surface area contributed by atoms with Crippen LogP contribution in [-0.2, 0) is 0 Å². The number of aldehydes is 1. The molecule has 16 heavy (non-hydrogen) atoms. The van der Waals surface area contributed by atoms with Crippen LogP contribution >= 0.6 is 11.3 Å². The minimum Gasteiger partial charge on any atom is -0.435 e. The second-order valence-corrected chi connectivity index (χ2v) is 4.42. The van der Waals surface area contributed by atoms with Gasteiger partial charge in [0.2, 0.25) is 5.89 Å². The first-order chi connectivity index (χ1) is 7.86. The third kappa shape index (κ3) is 1.44. The number of hydrogen-bond acceptors (Lipinski definition) is 4. The number of hydrogen-bond donors (Lipinski definition) is 0. The fraction of sp³-hybridized carbons (Fsp3) is 0. The topological polar surface area (TPSA) is 43.1 Å². The van der Waals surface area contributed by atoms with Crippen LogP contribution in [0, 0.1) is 0 Å². The molecule has 0 aliphatic rings. The van der Waals surface area contributed by atoms with E-state index in [0.717, 1.165) is 22.3 Å². The average molecular weight is 229 g/mol. The Morgan fingerprint density at radius 2 is 2.06 bits per heavy atom. The van der Waals surface area contributed by atoms with E-state index in [9.17, 15) is 4.79 Å². The number of carbonyl (C=O) groups is 1. The predicted octanol–water partition coefficient (Wildman–Crippen LogP) is 3.37. The van der Waals surface area contributed by atoms with Gasteiger partial charge >= 0.3 is 0 Å². The second kappa shape index (κ2) is 3.57. The molecule has 0 aliphatic carbocycles. The first-order valence-electron chi connectivity index (χ1n) is 4.78. The summed E-state index contributed by atoms with van der Waals surface area (Å²) in [5, 5.41) is 0. The first-order valence-corrected chi connectivity index (χ1v) is 5.59. The smallest absolute Gasteiger partial charge is 0.237 e. The molecule has 0 aliphatic heterocycles. The lowest BCUT2D eigenvalue weighted by Crippen LogP contribution is -1.68. The van der Waals surface area contributed by atoms with Gasteiger partial charge in [-0.25, -0.2) is 4.98 Å². The maximum atomic E-state index is 10.6. The zero-order chi connectivity index (χ0) is 11.0. The summed E-state index contributed by atoms with van der Waals surface area (Å²) in [5.74, 6) is 0.569. The first kappa shape index (κ1) is 9.30. The molecular weight excluding hydrogens is 222 g/mol. The van der Waals surface area contributed by atoms with Crippen molar-refractivity contribution in [2.24, 2.45) is 0 Å². The summed E-state index contributed by atoms with van der Waals surface area (Å²) >= 11 is 1.38. The molecule has 2 aromatic heterocycles. The summed E-state index contributed by atoms with van der Waals surface area (Å²) in [6.07, 6.45) is 0.830. The van der Waals surface area contributed by atoms with Gasteiger partial charge < -0.3 is 4.42 Å². The van der Waals surface area contributed by atoms with Crippen LogP contribution in [-0.4, -0.2) is 11.3 Å². The number of benzene rings is 1. The molecular formula is C12H7NO2S. The molecule has 0 saturated heterocycles. The zero-order valence-corrected chi connectivity index (χ0v) is 9.03. The minimum absolute atomic E-state index is 0.569. The fourth-order valence-corrected chi connectivity index (χ4v) is 2.26. The number of para-hydroxylation sites is 2. The van der Waals surface area contributed by atoms with Gasteiger partial charge in [-0.3, -0.25) is 4.79 Å². The number of rotatable bonds is 2. The summed E-state index contributed by atoms with van der Waals surface area (Å²) in [7, 11) is 0. The van der Waals surface area contributed by atoms with Gasteiger partial charge in [0.05, 0.1) is 9.75 Å². The third-order valence-electron chi connectivity index (χ3n) is 2.25. The normalized spacial score (nSPS) is 10.8. The van der Waals surface area contributed by atoms with Crippen molar-refractivity contribution in [3.05, 3.63) is 41.3 Å². The van der Waals surface area contributed by atoms with Gasteiger partial charge in [-0.1, -0.05) is 12.1 Å². The van der Waals surface area contributed by atoms with Crippen LogP contribution in [0.1, 0.15) is 9.67 Å². The van der Waals surface area contributed by atoms with E-state index in [4.69, 9.17) is 4.42 Å². The van der Waals surface area contributed by atoms with Gasteiger partial charge in [-0.2, -0.15) is 0 Å². The maximum absolute atomic E-state index is 10.6. The Bertz CT molecular complexity index is 621. The third-order valence-corrected chi connectivity index (χ3v) is 3.25. The van der Waals surface area contributed by atoms with E-state index in [-0.39, 0.29) is 0 Å². The molecule has 0 unspecified atom stereocenters. The Hall–Kier alpha value is -1.94. The van der Waals surface area contributed by atoms with Crippen molar-refractivity contribution in [1.82, 2.24) is 4.98 Å². The molecule has 0 atom stereocenters. The van der Waals surface area contributed by atoms with Gasteiger partial charge in [0.1, 0.15) is 5.52 Å². The monoisotopic (exact) mass is 229 g/mol. The van der Waals surface area contributed by atoms with E-state index in [2.05, 4.69) is 4.98 Å². The van der Waals surface area contributed by atoms with E-state index in [1.165, 1.54) is 11.3 Å². The van der Waals surface area contributed by atoms with Crippen molar-refractivity contribution in [2.75, 3.05) is 0 Å². The minimum atomic E-state index is 0.569. The van der Waals surface area contributed by atoms with Crippen LogP contribution in [0.25, 0.3) is 21.9 Å². The highest BCUT2D eigenvalue weighted by molar-refractivity contribution is 7.16. The number of nitrogens with zero attached hydrogens (tertiary/aromatic N) is 1. The molecule has 1 aromatic carbocycles. The Labute approximate surface area is 95.4 Å². The lowest BCUT2D eigenvalue weighted by molar-refractivity contribution is 0.112. The highest BCUT2D eigenvalue weighted by atomic mass is 32.1. The predicted molar refractivity (Wildman–Crippen MR) is 62.7 cm³/mol. The maximum Gasteiger partial charge on any atom is 0.237 e. The summed E-state index contributed by atoms with van der Waals surface area (Å²) < 4.78 is 5.60. The van der Waals surface area contributed by atoms with E-state index < -0.39 is 0 Å². The number of carbonyl (C=O) groups excluding carboxylic acids is 1. The molecule has 0 bridgehead atoms. The molecule has 3 aromatic rings. The van der Waals surface area contributed by atoms with Gasteiger partial charge in [0, 0.05) is 0 Å². The van der Waals surface area contributed by atoms with Crippen LogP contribution in [0.2, 0.25) is 0 Å². The zero-order valence-electron chi connectivity index (χ0n) is 8.21. The molecule has 0 N–H and O–H groups in total. The Morgan fingerprint density at radius 3 is 2.81 bits per heavy atom. The Morgan fingerprint density at radius 1 is 1.19 bits per heavy atom. The van der Waals surface area contributed by atoms with Crippen LogP contribution in [0.4, 0.5) is 0 Å². The quantitative estimate of drug-likeness (QED) is 0.633. The van der Waals surface area contributed by atoms with Crippen molar-refractivity contribution in [3.63, 3.8) is 0 Å². The molecule has 0 amide bonds. The van der Waals surface area contributed by atoms with Crippen molar-refractivity contribution in [1.29, 1.82) is 0 Å². The molecule has 0 spiro atoms. The van der Waals surface area contributed by atoms with E-state index in [0.29, 0.717) is 10.8 Å². The van der Waals surface area contributed by atoms with Crippen LogP contribution in [0.3, 0.4) is 0 Å². The van der Waals surface area contributed by atoms with Gasteiger partial charge in [-0.15, -0.1) is 11.3 Å². The Balaban J connectivity index is 2.14. The summed E-state index contributed by atoms with van der Waals surface area (Å²) in [5.41, 5.74) is 1.59. The van der Waals surface area contributed by atoms with Gasteiger partial charge in [0.15, 0.2) is 11.9 Å². The fourth-order valence-electron chi connectivity index (χ4n) is 1.51. The summed E-state index contributed by atoms with van der Waals surface area (Å²) in [4.78, 5) is 16.5.